The molecule has 1 aliphatic rings. The van der Waals surface area contributed by atoms with Crippen molar-refractivity contribution in [1.29, 1.82) is 0 Å². The predicted octanol–water partition coefficient (Wildman–Crippen LogP) is -1.82. The van der Waals surface area contributed by atoms with Crippen molar-refractivity contribution in [3.63, 3.8) is 0 Å². The summed E-state index contributed by atoms with van der Waals surface area (Å²) in [5, 5.41) is 8.64. The summed E-state index contributed by atoms with van der Waals surface area (Å²) in [4.78, 5) is 33.6. The molecular weight excluding hydrogens is 302 g/mol. The lowest BCUT2D eigenvalue weighted by atomic mass is 10.00. The van der Waals surface area contributed by atoms with Gasteiger partial charge in [-0.25, -0.2) is 13.2 Å². The van der Waals surface area contributed by atoms with Gasteiger partial charge in [-0.3, -0.25) is 14.2 Å². The summed E-state index contributed by atoms with van der Waals surface area (Å²) in [6.45, 7) is 0.112. The van der Waals surface area contributed by atoms with Crippen molar-refractivity contribution in [2.45, 2.75) is 11.3 Å². The van der Waals surface area contributed by atoms with Gasteiger partial charge >= 0.3 is 11.7 Å². The zero-order valence-corrected chi connectivity index (χ0v) is 12.3. The third kappa shape index (κ3) is 2.63. The van der Waals surface area contributed by atoms with Crippen LogP contribution in [0.25, 0.3) is 0 Å². The molecule has 1 aromatic heterocycles. The molecular formula is C11H15N3O6S. The highest BCUT2D eigenvalue weighted by molar-refractivity contribution is 7.89. The van der Waals surface area contributed by atoms with Crippen molar-refractivity contribution >= 4 is 16.0 Å². The van der Waals surface area contributed by atoms with Crippen LogP contribution in [0.2, 0.25) is 0 Å². The first-order valence-corrected chi connectivity index (χ1v) is 7.57. The maximum absolute atomic E-state index is 12.3. The predicted molar refractivity (Wildman–Crippen MR) is 71.4 cm³/mol. The van der Waals surface area contributed by atoms with Crippen LogP contribution >= 0.6 is 0 Å². The highest BCUT2D eigenvalue weighted by atomic mass is 32.2. The van der Waals surface area contributed by atoms with Crippen molar-refractivity contribution in [1.82, 2.24) is 13.4 Å². The Labute approximate surface area is 120 Å². The van der Waals surface area contributed by atoms with E-state index in [1.54, 1.807) is 0 Å². The van der Waals surface area contributed by atoms with Gasteiger partial charge in [0.25, 0.3) is 5.56 Å². The Kier molecular flexibility index (Phi) is 3.76. The van der Waals surface area contributed by atoms with E-state index in [1.807, 2.05) is 0 Å². The summed E-state index contributed by atoms with van der Waals surface area (Å²) in [5.74, 6) is -1.25. The molecule has 1 aromatic rings. The van der Waals surface area contributed by atoms with Gasteiger partial charge in [0.05, 0.1) is 6.42 Å². The molecule has 0 radical (unpaired) electrons. The minimum absolute atomic E-state index is 0.0562. The largest absolute Gasteiger partial charge is 0.481 e. The molecule has 0 spiro atoms. The van der Waals surface area contributed by atoms with Gasteiger partial charge in [-0.2, -0.15) is 4.31 Å². The fraction of sp³-hybridized carbons (Fsp3) is 0.545. The number of nitrogens with zero attached hydrogens (tertiary/aromatic N) is 3. The third-order valence-corrected chi connectivity index (χ3v) is 5.23. The summed E-state index contributed by atoms with van der Waals surface area (Å²) < 4.78 is 27.4. The van der Waals surface area contributed by atoms with Gasteiger partial charge in [-0.05, 0) is 5.92 Å². The monoisotopic (exact) mass is 317 g/mol. The number of aromatic nitrogens is 2. The van der Waals surface area contributed by atoms with Gasteiger partial charge in [0, 0.05) is 33.4 Å². The van der Waals surface area contributed by atoms with Crippen LogP contribution < -0.4 is 11.2 Å². The number of hydrogen-bond donors (Lipinski definition) is 1. The van der Waals surface area contributed by atoms with E-state index in [-0.39, 0.29) is 25.4 Å². The van der Waals surface area contributed by atoms with E-state index in [4.69, 9.17) is 5.11 Å². The second kappa shape index (κ2) is 5.11. The molecule has 116 valence electrons. The Morgan fingerprint density at radius 2 is 1.90 bits per heavy atom. The molecule has 2 rings (SSSR count). The summed E-state index contributed by atoms with van der Waals surface area (Å²) in [6, 6.07) is 0. The summed E-state index contributed by atoms with van der Waals surface area (Å²) in [5.41, 5.74) is -1.51. The molecule has 1 N–H and O–H groups in total. The maximum Gasteiger partial charge on any atom is 0.330 e. The molecule has 0 aliphatic carbocycles. The van der Waals surface area contributed by atoms with Gasteiger partial charge in [0.15, 0.2) is 4.90 Å². The molecule has 0 bridgehead atoms. The van der Waals surface area contributed by atoms with E-state index in [1.165, 1.54) is 14.1 Å². The Balaban J connectivity index is 2.33. The number of carboxylic acid groups (broad SMARTS) is 1. The minimum Gasteiger partial charge on any atom is -0.481 e. The number of aryl methyl sites for hydroxylation is 1. The van der Waals surface area contributed by atoms with Crippen LogP contribution in [0.15, 0.2) is 20.7 Å². The van der Waals surface area contributed by atoms with Gasteiger partial charge in [0.2, 0.25) is 10.0 Å². The molecule has 9 nitrogen and oxygen atoms in total. The van der Waals surface area contributed by atoms with E-state index in [0.717, 1.165) is 19.6 Å². The average Bonchev–Trinajstić information content (AvgIpc) is 2.34. The minimum atomic E-state index is -4.02. The van der Waals surface area contributed by atoms with E-state index in [9.17, 15) is 22.8 Å². The Bertz CT molecular complexity index is 800. The summed E-state index contributed by atoms with van der Waals surface area (Å²) >= 11 is 0. The lowest BCUT2D eigenvalue weighted by molar-refractivity contribution is -0.139. The van der Waals surface area contributed by atoms with Gasteiger partial charge in [-0.1, -0.05) is 0 Å². The fourth-order valence-corrected chi connectivity index (χ4v) is 3.93. The smallest absolute Gasteiger partial charge is 0.330 e. The molecule has 1 fully saturated rings. The van der Waals surface area contributed by atoms with Gasteiger partial charge < -0.3 is 9.67 Å². The topological polar surface area (TPSA) is 119 Å². The van der Waals surface area contributed by atoms with Gasteiger partial charge in [-0.15, -0.1) is 0 Å². The van der Waals surface area contributed by atoms with E-state index in [2.05, 4.69) is 0 Å². The normalized spacial score (nSPS) is 16.7. The third-order valence-electron chi connectivity index (χ3n) is 3.42. The molecule has 2 heterocycles. The number of rotatable bonds is 4. The first kappa shape index (κ1) is 15.4. The zero-order chi connectivity index (χ0) is 15.9. The van der Waals surface area contributed by atoms with Crippen molar-refractivity contribution in [3.8, 4) is 0 Å². The van der Waals surface area contributed by atoms with Crippen LogP contribution in [0, 0.1) is 5.92 Å². The fourth-order valence-electron chi connectivity index (χ4n) is 2.19. The van der Waals surface area contributed by atoms with Gasteiger partial charge in [0.1, 0.15) is 0 Å². The van der Waals surface area contributed by atoms with Crippen LogP contribution in [0.3, 0.4) is 0 Å². The van der Waals surface area contributed by atoms with Crippen LogP contribution in [0.1, 0.15) is 6.42 Å². The highest BCUT2D eigenvalue weighted by Gasteiger charge is 2.39. The molecule has 1 aliphatic heterocycles. The van der Waals surface area contributed by atoms with Crippen molar-refractivity contribution in [2.24, 2.45) is 20.0 Å². The van der Waals surface area contributed by atoms with Crippen LogP contribution in [0.5, 0.6) is 0 Å². The maximum atomic E-state index is 12.3. The molecule has 0 saturated carbocycles. The van der Waals surface area contributed by atoms with Crippen molar-refractivity contribution in [2.75, 3.05) is 13.1 Å². The lowest BCUT2D eigenvalue weighted by Gasteiger charge is -2.37. The Hall–Kier alpha value is -1.94. The molecule has 0 atom stereocenters. The highest BCUT2D eigenvalue weighted by Crippen LogP contribution is 2.25. The first-order chi connectivity index (χ1) is 9.64. The summed E-state index contributed by atoms with van der Waals surface area (Å²) in [6.07, 6.45) is 0.877. The van der Waals surface area contributed by atoms with Crippen molar-refractivity contribution in [3.05, 3.63) is 27.0 Å². The number of aliphatic carboxylic acids is 1. The second-order valence-electron chi connectivity index (χ2n) is 5.04. The van der Waals surface area contributed by atoms with Crippen LogP contribution in [0.4, 0.5) is 0 Å². The number of carboxylic acids is 1. The van der Waals surface area contributed by atoms with Crippen LogP contribution in [-0.2, 0) is 28.9 Å². The second-order valence-corrected chi connectivity index (χ2v) is 6.94. The summed E-state index contributed by atoms with van der Waals surface area (Å²) in [7, 11) is -1.46. The van der Waals surface area contributed by atoms with Crippen LogP contribution in [-0.4, -0.2) is 46.0 Å². The van der Waals surface area contributed by atoms with E-state index in [0.29, 0.717) is 0 Å². The molecule has 0 aromatic carbocycles. The standard InChI is InChI=1S/C11H15N3O6S/c1-12-6-8(10(17)13(2)11(12)18)21(19,20)14-4-7(5-14)3-9(15)16/h6-7H,3-5H2,1-2H3,(H,15,16). The number of hydrogen-bond acceptors (Lipinski definition) is 5. The quantitative estimate of drug-likeness (QED) is 0.698. The SMILES string of the molecule is Cn1cc(S(=O)(=O)N2CC(CC(=O)O)C2)c(=O)n(C)c1=O. The van der Waals surface area contributed by atoms with E-state index < -0.39 is 32.1 Å². The average molecular weight is 317 g/mol. The van der Waals surface area contributed by atoms with Crippen molar-refractivity contribution < 1.29 is 18.3 Å². The first-order valence-electron chi connectivity index (χ1n) is 6.13. The Morgan fingerprint density at radius 3 is 2.43 bits per heavy atom. The number of carbonyl (C=O) groups is 1. The zero-order valence-electron chi connectivity index (χ0n) is 11.5. The Morgan fingerprint density at radius 1 is 1.33 bits per heavy atom. The molecule has 0 amide bonds. The van der Waals surface area contributed by atoms with E-state index >= 15 is 0 Å². The number of sulfonamides is 1. The molecule has 1 saturated heterocycles. The lowest BCUT2D eigenvalue weighted by Crippen LogP contribution is -2.52. The molecule has 21 heavy (non-hydrogen) atoms. The molecule has 10 heteroatoms. The molecule has 0 unspecified atom stereocenters.